The maximum atomic E-state index is 11.0. The molecule has 0 saturated heterocycles. The zero-order chi connectivity index (χ0) is 16.7. The van der Waals surface area contributed by atoms with Gasteiger partial charge in [0.25, 0.3) is 0 Å². The van der Waals surface area contributed by atoms with Crippen LogP contribution in [0.3, 0.4) is 0 Å². The predicted molar refractivity (Wildman–Crippen MR) is 83.0 cm³/mol. The van der Waals surface area contributed by atoms with Crippen LogP contribution in [0.25, 0.3) is 0 Å². The molecule has 22 heavy (non-hydrogen) atoms. The Hall–Kier alpha value is -1.95. The number of rotatable bonds is 9. The number of aliphatic carboxylic acids is 1. The van der Waals surface area contributed by atoms with E-state index in [0.717, 1.165) is 25.3 Å². The molecule has 0 aliphatic carbocycles. The number of nitrogens with two attached hydrogens (primary N) is 1. The van der Waals surface area contributed by atoms with Gasteiger partial charge in [0.15, 0.2) is 11.5 Å². The maximum absolute atomic E-state index is 11.0. The summed E-state index contributed by atoms with van der Waals surface area (Å²) in [6, 6.07) is 2.52. The molecular weight excluding hydrogens is 286 g/mol. The average molecular weight is 311 g/mol. The van der Waals surface area contributed by atoms with E-state index in [4.69, 9.17) is 10.8 Å². The molecule has 6 nitrogen and oxygen atoms in total. The number of benzene rings is 1. The Balaban J connectivity index is 2.56. The predicted octanol–water partition coefficient (Wildman–Crippen LogP) is 2.20. The van der Waals surface area contributed by atoms with E-state index in [2.05, 4.69) is 0 Å². The van der Waals surface area contributed by atoms with Crippen molar-refractivity contribution in [2.24, 2.45) is 17.6 Å². The van der Waals surface area contributed by atoms with E-state index in [1.165, 1.54) is 6.07 Å². The van der Waals surface area contributed by atoms with Crippen LogP contribution < -0.4 is 5.73 Å². The first-order chi connectivity index (χ1) is 10.4. The first kappa shape index (κ1) is 18.1. The van der Waals surface area contributed by atoms with Crippen LogP contribution in [0.2, 0.25) is 0 Å². The Morgan fingerprint density at radius 2 is 1.95 bits per heavy atom. The third kappa shape index (κ3) is 5.11. The lowest BCUT2D eigenvalue weighted by Gasteiger charge is -2.19. The summed E-state index contributed by atoms with van der Waals surface area (Å²) in [4.78, 5) is 11.0. The van der Waals surface area contributed by atoms with Crippen LogP contribution in [0.1, 0.15) is 38.2 Å². The fourth-order valence-corrected chi connectivity index (χ4v) is 2.62. The third-order valence-corrected chi connectivity index (χ3v) is 4.04. The highest BCUT2D eigenvalue weighted by molar-refractivity contribution is 5.70. The Kier molecular flexibility index (Phi) is 6.98. The van der Waals surface area contributed by atoms with E-state index in [1.54, 1.807) is 0 Å². The van der Waals surface area contributed by atoms with Gasteiger partial charge >= 0.3 is 5.97 Å². The van der Waals surface area contributed by atoms with Gasteiger partial charge < -0.3 is 26.2 Å². The van der Waals surface area contributed by atoms with Gasteiger partial charge in [-0.25, -0.2) is 0 Å². The molecule has 2 atom stereocenters. The molecule has 0 saturated carbocycles. The summed E-state index contributed by atoms with van der Waals surface area (Å²) >= 11 is 0. The number of hydrogen-bond acceptors (Lipinski definition) is 5. The first-order valence-electron chi connectivity index (χ1n) is 7.55. The molecular formula is C16H25NO5. The lowest BCUT2D eigenvalue weighted by atomic mass is 9.88. The molecule has 1 rings (SSSR count). The van der Waals surface area contributed by atoms with Gasteiger partial charge in [-0.05, 0) is 31.2 Å². The van der Waals surface area contributed by atoms with E-state index < -0.39 is 11.9 Å². The SMILES string of the molecule is CCC(CCCc1cc(O)cc(O)c1O)CC(CN)C(=O)O. The van der Waals surface area contributed by atoms with Crippen molar-refractivity contribution in [2.45, 2.75) is 39.0 Å². The largest absolute Gasteiger partial charge is 0.508 e. The highest BCUT2D eigenvalue weighted by Crippen LogP contribution is 2.34. The van der Waals surface area contributed by atoms with Crippen molar-refractivity contribution in [3.63, 3.8) is 0 Å². The number of carboxylic acid groups (broad SMARTS) is 1. The third-order valence-electron chi connectivity index (χ3n) is 4.04. The summed E-state index contributed by atoms with van der Waals surface area (Å²) in [6.45, 7) is 2.14. The van der Waals surface area contributed by atoms with E-state index in [-0.39, 0.29) is 29.7 Å². The second-order valence-corrected chi connectivity index (χ2v) is 5.65. The summed E-state index contributed by atoms with van der Waals surface area (Å²) < 4.78 is 0. The Bertz CT molecular complexity index is 504. The number of hydrogen-bond donors (Lipinski definition) is 5. The van der Waals surface area contributed by atoms with Gasteiger partial charge in [0, 0.05) is 18.2 Å². The van der Waals surface area contributed by atoms with Crippen LogP contribution >= 0.6 is 0 Å². The van der Waals surface area contributed by atoms with Gasteiger partial charge in [-0.1, -0.05) is 19.8 Å². The monoisotopic (exact) mass is 311 g/mol. The summed E-state index contributed by atoms with van der Waals surface area (Å²) in [5.74, 6) is -1.78. The molecule has 6 N–H and O–H groups in total. The number of phenolic OH excluding ortho intramolecular Hbond substituents is 3. The van der Waals surface area contributed by atoms with Crippen LogP contribution in [-0.4, -0.2) is 32.9 Å². The molecule has 0 amide bonds. The zero-order valence-electron chi connectivity index (χ0n) is 12.8. The van der Waals surface area contributed by atoms with Crippen LogP contribution in [-0.2, 0) is 11.2 Å². The minimum Gasteiger partial charge on any atom is -0.508 e. The lowest BCUT2D eigenvalue weighted by Crippen LogP contribution is -2.25. The van der Waals surface area contributed by atoms with Crippen molar-refractivity contribution >= 4 is 5.97 Å². The second kappa shape index (κ2) is 8.48. The maximum Gasteiger partial charge on any atom is 0.307 e. The first-order valence-corrected chi connectivity index (χ1v) is 7.55. The van der Waals surface area contributed by atoms with E-state index >= 15 is 0 Å². The average Bonchev–Trinajstić information content (AvgIpc) is 2.47. The van der Waals surface area contributed by atoms with Crippen LogP contribution in [0.4, 0.5) is 0 Å². The number of carbonyl (C=O) groups is 1. The van der Waals surface area contributed by atoms with Crippen molar-refractivity contribution in [1.82, 2.24) is 0 Å². The van der Waals surface area contributed by atoms with Crippen molar-refractivity contribution in [1.29, 1.82) is 0 Å². The molecule has 0 spiro atoms. The van der Waals surface area contributed by atoms with Gasteiger partial charge in [-0.3, -0.25) is 4.79 Å². The topological polar surface area (TPSA) is 124 Å². The quantitative estimate of drug-likeness (QED) is 0.352. The fraction of sp³-hybridized carbons (Fsp3) is 0.562. The smallest absolute Gasteiger partial charge is 0.307 e. The van der Waals surface area contributed by atoms with Crippen molar-refractivity contribution in [3.8, 4) is 17.2 Å². The molecule has 124 valence electrons. The molecule has 0 fully saturated rings. The Morgan fingerprint density at radius 1 is 1.27 bits per heavy atom. The van der Waals surface area contributed by atoms with E-state index in [0.29, 0.717) is 18.4 Å². The minimum atomic E-state index is -0.864. The fourth-order valence-electron chi connectivity index (χ4n) is 2.62. The van der Waals surface area contributed by atoms with Gasteiger partial charge in [0.2, 0.25) is 0 Å². The number of carboxylic acids is 1. The number of aryl methyl sites for hydroxylation is 1. The summed E-state index contributed by atoms with van der Waals surface area (Å²) in [7, 11) is 0. The van der Waals surface area contributed by atoms with Crippen LogP contribution in [0, 0.1) is 11.8 Å². The normalized spacial score (nSPS) is 13.7. The van der Waals surface area contributed by atoms with Gasteiger partial charge in [-0.2, -0.15) is 0 Å². The number of aromatic hydroxyl groups is 3. The van der Waals surface area contributed by atoms with Crippen molar-refractivity contribution < 1.29 is 25.2 Å². The molecule has 2 unspecified atom stereocenters. The summed E-state index contributed by atoms with van der Waals surface area (Å²) in [5, 5.41) is 37.7. The molecule has 0 aliphatic heterocycles. The van der Waals surface area contributed by atoms with Crippen LogP contribution in [0.15, 0.2) is 12.1 Å². The standard InChI is InChI=1S/C16H25NO5/c1-2-10(6-12(9-17)16(21)22)4-3-5-11-7-13(18)8-14(19)15(11)20/h7-8,10,12,18-20H,2-6,9,17H2,1H3,(H,21,22). The van der Waals surface area contributed by atoms with Crippen LogP contribution in [0.5, 0.6) is 17.2 Å². The molecule has 0 bridgehead atoms. The molecule has 0 radical (unpaired) electrons. The Morgan fingerprint density at radius 3 is 2.50 bits per heavy atom. The van der Waals surface area contributed by atoms with Crippen molar-refractivity contribution in [2.75, 3.05) is 6.54 Å². The summed E-state index contributed by atoms with van der Waals surface area (Å²) in [5.41, 5.74) is 5.97. The second-order valence-electron chi connectivity index (χ2n) is 5.65. The van der Waals surface area contributed by atoms with E-state index in [9.17, 15) is 20.1 Å². The van der Waals surface area contributed by atoms with Gasteiger partial charge in [0.1, 0.15) is 5.75 Å². The molecule has 1 aromatic carbocycles. The van der Waals surface area contributed by atoms with Gasteiger partial charge in [-0.15, -0.1) is 0 Å². The highest BCUT2D eigenvalue weighted by Gasteiger charge is 2.20. The van der Waals surface area contributed by atoms with Gasteiger partial charge in [0.05, 0.1) is 5.92 Å². The Labute approximate surface area is 130 Å². The summed E-state index contributed by atoms with van der Waals surface area (Å²) in [6.07, 6.45) is 3.44. The number of phenols is 3. The molecule has 6 heteroatoms. The minimum absolute atomic E-state index is 0.0913. The lowest BCUT2D eigenvalue weighted by molar-refractivity contribution is -0.142. The molecule has 0 aliphatic rings. The molecule has 1 aromatic rings. The zero-order valence-corrected chi connectivity index (χ0v) is 12.8. The van der Waals surface area contributed by atoms with E-state index in [1.807, 2.05) is 6.92 Å². The highest BCUT2D eigenvalue weighted by atomic mass is 16.4. The van der Waals surface area contributed by atoms with Crippen molar-refractivity contribution in [3.05, 3.63) is 17.7 Å². The molecule has 0 aromatic heterocycles. The molecule has 0 heterocycles.